The van der Waals surface area contributed by atoms with Crippen LogP contribution >= 0.6 is 0 Å². The van der Waals surface area contributed by atoms with E-state index in [1.807, 2.05) is 17.0 Å². The zero-order valence-electron chi connectivity index (χ0n) is 16.1. The fourth-order valence-electron chi connectivity index (χ4n) is 3.08. The summed E-state index contributed by atoms with van der Waals surface area (Å²) in [5.41, 5.74) is 2.12. The van der Waals surface area contributed by atoms with Crippen LogP contribution in [0.25, 0.3) is 0 Å². The predicted molar refractivity (Wildman–Crippen MR) is 107 cm³/mol. The van der Waals surface area contributed by atoms with Crippen LogP contribution in [0.3, 0.4) is 0 Å². The number of phenolic OH excluding ortho intramolecular Hbond substituents is 1. The van der Waals surface area contributed by atoms with Crippen molar-refractivity contribution >= 4 is 5.69 Å². The summed E-state index contributed by atoms with van der Waals surface area (Å²) in [6.07, 6.45) is -4.39. The van der Waals surface area contributed by atoms with E-state index < -0.39 is 11.7 Å². The Morgan fingerprint density at radius 2 is 1.50 bits per heavy atom. The molecule has 4 nitrogen and oxygen atoms in total. The summed E-state index contributed by atoms with van der Waals surface area (Å²) in [5, 5.41) is 18.7. The van der Waals surface area contributed by atoms with E-state index in [0.717, 1.165) is 17.7 Å². The molecule has 30 heavy (non-hydrogen) atoms. The Balaban J connectivity index is 1.93. The number of benzene rings is 3. The number of rotatable bonds is 6. The highest BCUT2D eigenvalue weighted by molar-refractivity contribution is 5.61. The van der Waals surface area contributed by atoms with Gasteiger partial charge in [0.2, 0.25) is 0 Å². The van der Waals surface area contributed by atoms with Gasteiger partial charge in [-0.05, 0) is 47.5 Å². The molecule has 0 radical (unpaired) electrons. The summed E-state index contributed by atoms with van der Waals surface area (Å²) in [4.78, 5) is 1.93. The van der Waals surface area contributed by atoms with Crippen LogP contribution in [-0.4, -0.2) is 12.2 Å². The smallest absolute Gasteiger partial charge is 0.416 e. The van der Waals surface area contributed by atoms with E-state index in [1.54, 1.807) is 18.2 Å². The molecule has 0 heterocycles. The summed E-state index contributed by atoms with van der Waals surface area (Å²) in [6, 6.07) is 18.8. The first kappa shape index (κ1) is 21.1. The van der Waals surface area contributed by atoms with Crippen molar-refractivity contribution in [2.45, 2.75) is 19.3 Å². The number of nitrogens with zero attached hydrogens (tertiary/aromatic N) is 2. The Kier molecular flexibility index (Phi) is 6.17. The number of alkyl halides is 3. The quantitative estimate of drug-likeness (QED) is 0.581. The molecular weight excluding hydrogens is 393 g/mol. The molecule has 0 unspecified atom stereocenters. The Labute approximate surface area is 172 Å². The van der Waals surface area contributed by atoms with E-state index in [0.29, 0.717) is 35.7 Å². The molecule has 1 N–H and O–H groups in total. The highest BCUT2D eigenvalue weighted by Gasteiger charge is 2.30. The van der Waals surface area contributed by atoms with E-state index in [2.05, 4.69) is 6.07 Å². The van der Waals surface area contributed by atoms with E-state index in [1.165, 1.54) is 31.4 Å². The maximum Gasteiger partial charge on any atom is 0.416 e. The zero-order valence-corrected chi connectivity index (χ0v) is 16.1. The van der Waals surface area contributed by atoms with Crippen molar-refractivity contribution in [2.75, 3.05) is 12.0 Å². The van der Waals surface area contributed by atoms with Gasteiger partial charge >= 0.3 is 6.18 Å². The van der Waals surface area contributed by atoms with Crippen molar-refractivity contribution in [2.24, 2.45) is 0 Å². The predicted octanol–water partition coefficient (Wildman–Crippen LogP) is 5.50. The van der Waals surface area contributed by atoms with Gasteiger partial charge in [0.05, 0.1) is 30.0 Å². The Bertz CT molecular complexity index is 1040. The number of phenols is 1. The van der Waals surface area contributed by atoms with Crippen molar-refractivity contribution in [3.8, 4) is 17.6 Å². The van der Waals surface area contributed by atoms with Gasteiger partial charge in [-0.3, -0.25) is 0 Å². The Morgan fingerprint density at radius 3 is 2.00 bits per heavy atom. The number of hydrogen-bond donors (Lipinski definition) is 1. The standard InChI is InChI=1S/C23H19F3N2O2/c1-30-22-12-20(29)10-11-21(22)28(14-17-4-2-16(13-27)3-5-17)15-18-6-8-19(9-7-18)23(24,25)26/h2-12,29H,14-15H2,1H3. The van der Waals surface area contributed by atoms with E-state index >= 15 is 0 Å². The molecule has 0 spiro atoms. The highest BCUT2D eigenvalue weighted by Crippen LogP contribution is 2.34. The summed E-state index contributed by atoms with van der Waals surface area (Å²) < 4.78 is 44.0. The Hall–Kier alpha value is -3.66. The molecule has 0 amide bonds. The third-order valence-corrected chi connectivity index (χ3v) is 4.62. The number of halogens is 3. The topological polar surface area (TPSA) is 56.5 Å². The van der Waals surface area contributed by atoms with Crippen LogP contribution < -0.4 is 9.64 Å². The molecule has 0 atom stereocenters. The third-order valence-electron chi connectivity index (χ3n) is 4.62. The summed E-state index contributed by atoms with van der Waals surface area (Å²) >= 11 is 0. The van der Waals surface area contributed by atoms with Crippen LogP contribution in [0.15, 0.2) is 66.7 Å². The number of ether oxygens (including phenoxy) is 1. The van der Waals surface area contributed by atoms with E-state index in [4.69, 9.17) is 10.00 Å². The molecule has 0 aliphatic rings. The molecule has 3 aromatic rings. The molecule has 0 aliphatic carbocycles. The van der Waals surface area contributed by atoms with Crippen LogP contribution in [0, 0.1) is 11.3 Å². The number of anilines is 1. The van der Waals surface area contributed by atoms with E-state index in [9.17, 15) is 18.3 Å². The second-order valence-corrected chi connectivity index (χ2v) is 6.72. The fourth-order valence-corrected chi connectivity index (χ4v) is 3.08. The lowest BCUT2D eigenvalue weighted by Crippen LogP contribution is -2.22. The van der Waals surface area contributed by atoms with Gasteiger partial charge in [-0.2, -0.15) is 18.4 Å². The molecule has 0 saturated carbocycles. The fraction of sp³-hybridized carbons (Fsp3) is 0.174. The maximum absolute atomic E-state index is 12.9. The molecular formula is C23H19F3N2O2. The molecule has 7 heteroatoms. The summed E-state index contributed by atoms with van der Waals surface area (Å²) in [5.74, 6) is 0.485. The van der Waals surface area contributed by atoms with Crippen molar-refractivity contribution in [3.05, 3.63) is 89.0 Å². The van der Waals surface area contributed by atoms with Crippen LogP contribution in [0.2, 0.25) is 0 Å². The third kappa shape index (κ3) is 5.03. The van der Waals surface area contributed by atoms with Crippen molar-refractivity contribution < 1.29 is 23.0 Å². The molecule has 154 valence electrons. The lowest BCUT2D eigenvalue weighted by atomic mass is 10.1. The van der Waals surface area contributed by atoms with Gasteiger partial charge < -0.3 is 14.7 Å². The lowest BCUT2D eigenvalue weighted by Gasteiger charge is -2.27. The van der Waals surface area contributed by atoms with Gasteiger partial charge in [-0.1, -0.05) is 24.3 Å². The average molecular weight is 412 g/mol. The number of hydrogen-bond acceptors (Lipinski definition) is 4. The molecule has 0 saturated heterocycles. The number of nitriles is 1. The van der Waals surface area contributed by atoms with Crippen molar-refractivity contribution in [1.82, 2.24) is 0 Å². The minimum absolute atomic E-state index is 0.0449. The first-order valence-corrected chi connectivity index (χ1v) is 9.07. The van der Waals surface area contributed by atoms with Gasteiger partial charge in [0.25, 0.3) is 0 Å². The van der Waals surface area contributed by atoms with Crippen molar-refractivity contribution in [1.29, 1.82) is 5.26 Å². The number of aromatic hydroxyl groups is 1. The van der Waals surface area contributed by atoms with Gasteiger partial charge in [0, 0.05) is 19.2 Å². The first-order chi connectivity index (χ1) is 14.3. The minimum atomic E-state index is -4.39. The number of methoxy groups -OCH3 is 1. The average Bonchev–Trinajstić information content (AvgIpc) is 2.73. The monoisotopic (exact) mass is 412 g/mol. The zero-order chi connectivity index (χ0) is 21.7. The molecule has 0 bridgehead atoms. The highest BCUT2D eigenvalue weighted by atomic mass is 19.4. The molecule has 0 aliphatic heterocycles. The molecule has 0 aromatic heterocycles. The van der Waals surface area contributed by atoms with Gasteiger partial charge in [-0.15, -0.1) is 0 Å². The van der Waals surface area contributed by atoms with Gasteiger partial charge in [-0.25, -0.2) is 0 Å². The SMILES string of the molecule is COc1cc(O)ccc1N(Cc1ccc(C#N)cc1)Cc1ccc(C(F)(F)F)cc1. The van der Waals surface area contributed by atoms with Gasteiger partial charge in [0.15, 0.2) is 0 Å². The molecule has 0 fully saturated rings. The lowest BCUT2D eigenvalue weighted by molar-refractivity contribution is -0.137. The van der Waals surface area contributed by atoms with Crippen LogP contribution in [0.1, 0.15) is 22.3 Å². The summed E-state index contributed by atoms with van der Waals surface area (Å²) in [6.45, 7) is 0.743. The van der Waals surface area contributed by atoms with Crippen LogP contribution in [0.4, 0.5) is 18.9 Å². The largest absolute Gasteiger partial charge is 0.508 e. The second-order valence-electron chi connectivity index (χ2n) is 6.72. The van der Waals surface area contributed by atoms with Gasteiger partial charge in [0.1, 0.15) is 11.5 Å². The van der Waals surface area contributed by atoms with Crippen LogP contribution in [0.5, 0.6) is 11.5 Å². The molecule has 3 aromatic carbocycles. The maximum atomic E-state index is 12.9. The Morgan fingerprint density at radius 1 is 0.933 bits per heavy atom. The second kappa shape index (κ2) is 8.78. The summed E-state index contributed by atoms with van der Waals surface area (Å²) in [7, 11) is 1.48. The molecule has 3 rings (SSSR count). The van der Waals surface area contributed by atoms with Crippen LogP contribution in [-0.2, 0) is 19.3 Å². The minimum Gasteiger partial charge on any atom is -0.508 e. The normalized spacial score (nSPS) is 11.0. The van der Waals surface area contributed by atoms with E-state index in [-0.39, 0.29) is 5.75 Å². The van der Waals surface area contributed by atoms with Crippen molar-refractivity contribution in [3.63, 3.8) is 0 Å². The first-order valence-electron chi connectivity index (χ1n) is 9.07.